The molecular weight excluding hydrogens is 238 g/mol. The van der Waals surface area contributed by atoms with E-state index in [-0.39, 0.29) is 5.60 Å². The maximum Gasteiger partial charge on any atom is 0.126 e. The molecule has 106 valence electrons. The van der Waals surface area contributed by atoms with E-state index in [0.29, 0.717) is 18.9 Å². The van der Waals surface area contributed by atoms with E-state index >= 15 is 0 Å². The second-order valence-electron chi connectivity index (χ2n) is 6.59. The molecule has 0 amide bonds. The molecule has 1 aliphatic rings. The van der Waals surface area contributed by atoms with Gasteiger partial charge in [0, 0.05) is 18.5 Å². The first-order chi connectivity index (χ1) is 8.82. The summed E-state index contributed by atoms with van der Waals surface area (Å²) in [5.74, 6) is 1.37. The Labute approximate surface area is 116 Å². The predicted molar refractivity (Wildman–Crippen MR) is 77.4 cm³/mol. The van der Waals surface area contributed by atoms with E-state index in [4.69, 9.17) is 4.74 Å². The molecule has 0 aliphatic carbocycles. The van der Waals surface area contributed by atoms with Crippen molar-refractivity contribution in [3.63, 3.8) is 0 Å². The molecule has 3 heteroatoms. The van der Waals surface area contributed by atoms with Crippen LogP contribution in [0.25, 0.3) is 0 Å². The highest BCUT2D eigenvalue weighted by Crippen LogP contribution is 2.42. The lowest BCUT2D eigenvalue weighted by atomic mass is 9.80. The maximum absolute atomic E-state index is 11.0. The van der Waals surface area contributed by atoms with Crippen LogP contribution in [0.4, 0.5) is 0 Å². The van der Waals surface area contributed by atoms with Crippen LogP contribution in [0.2, 0.25) is 0 Å². The molecule has 1 aromatic rings. The minimum Gasteiger partial charge on any atom is -0.487 e. The Morgan fingerprint density at radius 3 is 2.68 bits per heavy atom. The predicted octanol–water partition coefficient (Wildman–Crippen LogP) is 2.68. The Morgan fingerprint density at radius 2 is 2.00 bits per heavy atom. The number of para-hydroxylation sites is 1. The molecule has 1 atom stereocenters. The molecule has 19 heavy (non-hydrogen) atoms. The van der Waals surface area contributed by atoms with Gasteiger partial charge in [-0.3, -0.25) is 0 Å². The third kappa shape index (κ3) is 3.28. The van der Waals surface area contributed by atoms with Crippen LogP contribution >= 0.6 is 0 Å². The van der Waals surface area contributed by atoms with Gasteiger partial charge in [0.05, 0.1) is 0 Å². The lowest BCUT2D eigenvalue weighted by Gasteiger charge is -2.43. The number of ether oxygens (including phenoxy) is 1. The van der Waals surface area contributed by atoms with Gasteiger partial charge in [-0.05, 0) is 32.4 Å². The fourth-order valence-electron chi connectivity index (χ4n) is 2.80. The van der Waals surface area contributed by atoms with Crippen LogP contribution in [0.3, 0.4) is 0 Å². The molecule has 3 nitrogen and oxygen atoms in total. The Kier molecular flexibility index (Phi) is 3.88. The van der Waals surface area contributed by atoms with E-state index in [1.54, 1.807) is 0 Å². The summed E-state index contributed by atoms with van der Waals surface area (Å²) in [4.78, 5) is 0. The lowest BCUT2D eigenvalue weighted by molar-refractivity contribution is -0.0626. The van der Waals surface area contributed by atoms with E-state index in [1.807, 2.05) is 38.1 Å². The average Bonchev–Trinajstić information content (AvgIpc) is 2.26. The number of benzene rings is 1. The van der Waals surface area contributed by atoms with Crippen molar-refractivity contribution in [1.29, 1.82) is 0 Å². The molecule has 2 N–H and O–H groups in total. The summed E-state index contributed by atoms with van der Waals surface area (Å²) in [5.41, 5.74) is -0.305. The van der Waals surface area contributed by atoms with Crippen molar-refractivity contribution < 1.29 is 9.84 Å². The first-order valence-corrected chi connectivity index (χ1v) is 7.04. The molecule has 0 aromatic heterocycles. The molecule has 0 spiro atoms. The molecular formula is C16H25NO2. The zero-order valence-corrected chi connectivity index (χ0v) is 12.4. The van der Waals surface area contributed by atoms with Gasteiger partial charge in [-0.15, -0.1) is 0 Å². The molecule has 0 radical (unpaired) electrons. The molecule has 2 rings (SSSR count). The molecule has 0 saturated carbocycles. The van der Waals surface area contributed by atoms with E-state index in [1.165, 1.54) is 0 Å². The van der Waals surface area contributed by atoms with Crippen molar-refractivity contribution in [2.75, 3.05) is 13.1 Å². The summed E-state index contributed by atoms with van der Waals surface area (Å²) in [6.45, 7) is 9.85. The highest BCUT2D eigenvalue weighted by atomic mass is 16.5. The van der Waals surface area contributed by atoms with Crippen molar-refractivity contribution >= 4 is 0 Å². The zero-order chi connectivity index (χ0) is 14.1. The maximum atomic E-state index is 11.0. The topological polar surface area (TPSA) is 41.5 Å². The lowest BCUT2D eigenvalue weighted by Crippen LogP contribution is -2.49. The van der Waals surface area contributed by atoms with E-state index in [9.17, 15) is 5.11 Å². The van der Waals surface area contributed by atoms with Crippen LogP contribution in [0.1, 0.15) is 39.7 Å². The molecule has 1 aromatic carbocycles. The number of aliphatic hydroxyl groups is 1. The quantitative estimate of drug-likeness (QED) is 0.877. The molecule has 0 saturated heterocycles. The average molecular weight is 263 g/mol. The van der Waals surface area contributed by atoms with Crippen LogP contribution in [0, 0.1) is 5.92 Å². The van der Waals surface area contributed by atoms with Gasteiger partial charge >= 0.3 is 0 Å². The van der Waals surface area contributed by atoms with Crippen LogP contribution in [-0.4, -0.2) is 23.8 Å². The van der Waals surface area contributed by atoms with Crippen LogP contribution in [0.15, 0.2) is 24.3 Å². The number of hydrogen-bond donors (Lipinski definition) is 2. The smallest absolute Gasteiger partial charge is 0.126 e. The first kappa shape index (κ1) is 14.4. The fourth-order valence-corrected chi connectivity index (χ4v) is 2.80. The third-order valence-electron chi connectivity index (χ3n) is 3.46. The molecule has 0 fully saturated rings. The van der Waals surface area contributed by atoms with Gasteiger partial charge in [0.25, 0.3) is 0 Å². The van der Waals surface area contributed by atoms with Crippen molar-refractivity contribution in [3.8, 4) is 5.75 Å². The van der Waals surface area contributed by atoms with Crippen molar-refractivity contribution in [2.45, 2.75) is 45.3 Å². The second kappa shape index (κ2) is 5.14. The second-order valence-corrected chi connectivity index (χ2v) is 6.59. The summed E-state index contributed by atoms with van der Waals surface area (Å²) >= 11 is 0. The minimum absolute atomic E-state index is 0.345. The Balaban J connectivity index is 2.23. The van der Waals surface area contributed by atoms with Gasteiger partial charge in [0.2, 0.25) is 0 Å². The Hall–Kier alpha value is -1.06. The standard InChI is InChI=1S/C16H25NO2/c1-12(2)9-17-11-16(18)10-15(3,4)19-14-8-6-5-7-13(14)16/h5-8,12,17-18H,9-11H2,1-4H3. The van der Waals surface area contributed by atoms with Crippen LogP contribution in [0.5, 0.6) is 5.75 Å². The van der Waals surface area contributed by atoms with Gasteiger partial charge in [-0.25, -0.2) is 0 Å². The van der Waals surface area contributed by atoms with Gasteiger partial charge in [0.1, 0.15) is 17.0 Å². The van der Waals surface area contributed by atoms with Crippen LogP contribution < -0.4 is 10.1 Å². The van der Waals surface area contributed by atoms with Gasteiger partial charge in [-0.1, -0.05) is 32.0 Å². The largest absolute Gasteiger partial charge is 0.487 e. The zero-order valence-electron chi connectivity index (χ0n) is 12.4. The SMILES string of the molecule is CC(C)CNCC1(O)CC(C)(C)Oc2ccccc21. The molecule has 1 unspecified atom stereocenters. The highest BCUT2D eigenvalue weighted by molar-refractivity contribution is 5.41. The number of fused-ring (bicyclic) bond motifs is 1. The Morgan fingerprint density at radius 1 is 1.32 bits per heavy atom. The van der Waals surface area contributed by atoms with Crippen LogP contribution in [-0.2, 0) is 5.60 Å². The summed E-state index contributed by atoms with van der Waals surface area (Å²) in [7, 11) is 0. The number of rotatable bonds is 4. The molecule has 0 bridgehead atoms. The monoisotopic (exact) mass is 263 g/mol. The summed E-state index contributed by atoms with van der Waals surface area (Å²) < 4.78 is 5.95. The van der Waals surface area contributed by atoms with Crippen molar-refractivity contribution in [3.05, 3.63) is 29.8 Å². The van der Waals surface area contributed by atoms with E-state index in [2.05, 4.69) is 19.2 Å². The number of nitrogens with one attached hydrogen (secondary N) is 1. The summed E-state index contributed by atoms with van der Waals surface area (Å²) in [6, 6.07) is 7.79. The third-order valence-corrected chi connectivity index (χ3v) is 3.46. The summed E-state index contributed by atoms with van der Waals surface area (Å²) in [5, 5.41) is 14.4. The first-order valence-electron chi connectivity index (χ1n) is 7.04. The van der Waals surface area contributed by atoms with E-state index < -0.39 is 5.60 Å². The normalized spacial score (nSPS) is 24.9. The number of hydrogen-bond acceptors (Lipinski definition) is 3. The highest BCUT2D eigenvalue weighted by Gasteiger charge is 2.43. The molecule has 1 heterocycles. The Bertz CT molecular complexity index is 442. The van der Waals surface area contributed by atoms with Gasteiger partial charge < -0.3 is 15.2 Å². The van der Waals surface area contributed by atoms with Crippen molar-refractivity contribution in [1.82, 2.24) is 5.32 Å². The minimum atomic E-state index is -0.854. The van der Waals surface area contributed by atoms with Crippen molar-refractivity contribution in [2.24, 2.45) is 5.92 Å². The van der Waals surface area contributed by atoms with Gasteiger partial charge in [-0.2, -0.15) is 0 Å². The van der Waals surface area contributed by atoms with Gasteiger partial charge in [0.15, 0.2) is 0 Å². The molecule has 1 aliphatic heterocycles. The van der Waals surface area contributed by atoms with E-state index in [0.717, 1.165) is 17.9 Å². The fraction of sp³-hybridized carbons (Fsp3) is 0.625. The summed E-state index contributed by atoms with van der Waals surface area (Å²) in [6.07, 6.45) is 0.599.